The summed E-state index contributed by atoms with van der Waals surface area (Å²) < 4.78 is 7.63. The number of methoxy groups -OCH3 is 1. The number of hydrogen-bond acceptors (Lipinski definition) is 2. The van der Waals surface area contributed by atoms with Crippen molar-refractivity contribution in [2.24, 2.45) is 0 Å². The molecule has 0 bridgehead atoms. The van der Waals surface area contributed by atoms with Crippen LogP contribution in [0.3, 0.4) is 0 Å². The molecule has 0 saturated heterocycles. The smallest absolute Gasteiger partial charge is 0.122 e. The van der Waals surface area contributed by atoms with Crippen LogP contribution in [0.2, 0.25) is 0 Å². The van der Waals surface area contributed by atoms with Gasteiger partial charge in [-0.05, 0) is 55.8 Å². The molecule has 0 heterocycles. The lowest BCUT2D eigenvalue weighted by atomic mass is 9.97. The van der Waals surface area contributed by atoms with E-state index in [1.54, 1.807) is 7.11 Å². The summed E-state index contributed by atoms with van der Waals surface area (Å²) in [6.45, 7) is 2.10. The van der Waals surface area contributed by atoms with E-state index in [9.17, 15) is 0 Å². The fraction of sp³-hybridized carbons (Fsp3) is 0.294. The van der Waals surface area contributed by atoms with Gasteiger partial charge in [-0.15, -0.1) is 0 Å². The van der Waals surface area contributed by atoms with Crippen molar-refractivity contribution < 1.29 is 4.74 Å². The van der Waals surface area contributed by atoms with Crippen LogP contribution < -0.4 is 10.1 Å². The van der Waals surface area contributed by atoms with Crippen molar-refractivity contribution in [3.05, 3.63) is 62.0 Å². The Morgan fingerprint density at radius 1 is 1.10 bits per heavy atom. The Morgan fingerprint density at radius 2 is 1.76 bits per heavy atom. The second-order valence-corrected chi connectivity index (χ2v) is 6.89. The Bertz CT molecular complexity index is 608. The van der Waals surface area contributed by atoms with Crippen LogP contribution in [0, 0.1) is 6.92 Å². The molecule has 0 aliphatic heterocycles. The molecule has 1 atom stereocenters. The van der Waals surface area contributed by atoms with E-state index in [1.165, 1.54) is 16.7 Å². The first-order chi connectivity index (χ1) is 10.0. The lowest BCUT2D eigenvalue weighted by Gasteiger charge is -2.19. The first-order valence-corrected chi connectivity index (χ1v) is 8.39. The zero-order chi connectivity index (χ0) is 15.4. The van der Waals surface area contributed by atoms with Gasteiger partial charge in [0.05, 0.1) is 7.11 Å². The van der Waals surface area contributed by atoms with Gasteiger partial charge in [-0.2, -0.15) is 0 Å². The van der Waals surface area contributed by atoms with E-state index < -0.39 is 0 Å². The fourth-order valence-electron chi connectivity index (χ4n) is 2.45. The summed E-state index contributed by atoms with van der Waals surface area (Å²) in [7, 11) is 3.71. The second kappa shape index (κ2) is 7.43. The number of benzene rings is 2. The minimum absolute atomic E-state index is 0.231. The number of aryl methyl sites for hydroxylation is 1. The van der Waals surface area contributed by atoms with Gasteiger partial charge >= 0.3 is 0 Å². The van der Waals surface area contributed by atoms with Crippen LogP contribution >= 0.6 is 31.9 Å². The molecular weight excluding hydrogens is 394 g/mol. The molecule has 2 aromatic rings. The number of nitrogens with one attached hydrogen (secondary N) is 1. The predicted molar refractivity (Wildman–Crippen MR) is 95.1 cm³/mol. The average molecular weight is 413 g/mol. The second-order valence-electron chi connectivity index (χ2n) is 5.06. The SMILES string of the molecule is CNC(Cc1cc(C)ccc1OC)c1cc(Br)cc(Br)c1. The van der Waals surface area contributed by atoms with Gasteiger partial charge in [0.15, 0.2) is 0 Å². The van der Waals surface area contributed by atoms with Crippen LogP contribution in [0.4, 0.5) is 0 Å². The summed E-state index contributed by atoms with van der Waals surface area (Å²) in [6, 6.07) is 12.9. The number of likely N-dealkylation sites (N-methyl/N-ethyl adjacent to an activating group) is 1. The monoisotopic (exact) mass is 411 g/mol. The summed E-state index contributed by atoms with van der Waals surface area (Å²) in [5.41, 5.74) is 3.70. The zero-order valence-corrected chi connectivity index (χ0v) is 15.6. The van der Waals surface area contributed by atoms with Crippen molar-refractivity contribution in [1.29, 1.82) is 0 Å². The van der Waals surface area contributed by atoms with Gasteiger partial charge in [-0.3, -0.25) is 0 Å². The number of rotatable bonds is 5. The highest BCUT2D eigenvalue weighted by molar-refractivity contribution is 9.11. The molecule has 0 spiro atoms. The maximum absolute atomic E-state index is 5.48. The molecule has 2 nitrogen and oxygen atoms in total. The van der Waals surface area contributed by atoms with Crippen molar-refractivity contribution in [3.8, 4) is 5.75 Å². The molecule has 0 aliphatic carbocycles. The van der Waals surface area contributed by atoms with E-state index >= 15 is 0 Å². The molecule has 0 fully saturated rings. The van der Waals surface area contributed by atoms with Crippen molar-refractivity contribution in [3.63, 3.8) is 0 Å². The van der Waals surface area contributed by atoms with Gasteiger partial charge in [0.25, 0.3) is 0 Å². The quantitative estimate of drug-likeness (QED) is 0.743. The summed E-state index contributed by atoms with van der Waals surface area (Å²) in [6.07, 6.45) is 0.879. The van der Waals surface area contributed by atoms with Crippen molar-refractivity contribution in [2.45, 2.75) is 19.4 Å². The molecule has 1 N–H and O–H groups in total. The van der Waals surface area contributed by atoms with Crippen molar-refractivity contribution in [1.82, 2.24) is 5.32 Å². The van der Waals surface area contributed by atoms with E-state index in [-0.39, 0.29) is 6.04 Å². The van der Waals surface area contributed by atoms with E-state index in [4.69, 9.17) is 4.74 Å². The molecule has 0 aromatic heterocycles. The molecule has 0 saturated carbocycles. The van der Waals surface area contributed by atoms with Gasteiger partial charge in [-0.1, -0.05) is 49.6 Å². The highest BCUT2D eigenvalue weighted by Gasteiger charge is 2.14. The van der Waals surface area contributed by atoms with Crippen LogP contribution in [0.5, 0.6) is 5.75 Å². The van der Waals surface area contributed by atoms with Crippen LogP contribution in [-0.2, 0) is 6.42 Å². The first-order valence-electron chi connectivity index (χ1n) is 6.80. The normalized spacial score (nSPS) is 12.2. The Hall–Kier alpha value is -0.840. The van der Waals surface area contributed by atoms with Crippen LogP contribution in [0.15, 0.2) is 45.3 Å². The highest BCUT2D eigenvalue weighted by Crippen LogP contribution is 2.29. The van der Waals surface area contributed by atoms with E-state index in [0.29, 0.717) is 0 Å². The summed E-state index contributed by atoms with van der Waals surface area (Å²) in [5, 5.41) is 3.39. The maximum atomic E-state index is 5.48. The van der Waals surface area contributed by atoms with Gasteiger partial charge in [0, 0.05) is 15.0 Å². The van der Waals surface area contributed by atoms with Gasteiger partial charge < -0.3 is 10.1 Å². The van der Waals surface area contributed by atoms with Gasteiger partial charge in [0.1, 0.15) is 5.75 Å². The van der Waals surface area contributed by atoms with Gasteiger partial charge in [-0.25, -0.2) is 0 Å². The number of halogens is 2. The molecule has 1 unspecified atom stereocenters. The minimum atomic E-state index is 0.231. The summed E-state index contributed by atoms with van der Waals surface area (Å²) >= 11 is 7.11. The Kier molecular flexibility index (Phi) is 5.85. The van der Waals surface area contributed by atoms with Crippen molar-refractivity contribution >= 4 is 31.9 Å². The molecular formula is C17H19Br2NO. The van der Waals surface area contributed by atoms with E-state index in [1.807, 2.05) is 19.2 Å². The third kappa shape index (κ3) is 4.31. The molecule has 112 valence electrons. The van der Waals surface area contributed by atoms with Crippen LogP contribution in [0.1, 0.15) is 22.7 Å². The highest BCUT2D eigenvalue weighted by atomic mass is 79.9. The van der Waals surface area contributed by atoms with E-state index in [0.717, 1.165) is 21.1 Å². The third-order valence-electron chi connectivity index (χ3n) is 3.50. The zero-order valence-electron chi connectivity index (χ0n) is 12.4. The summed E-state index contributed by atoms with van der Waals surface area (Å²) in [4.78, 5) is 0. The largest absolute Gasteiger partial charge is 0.496 e. The summed E-state index contributed by atoms with van der Waals surface area (Å²) in [5.74, 6) is 0.940. The minimum Gasteiger partial charge on any atom is -0.496 e. The molecule has 21 heavy (non-hydrogen) atoms. The van der Waals surface area contributed by atoms with Gasteiger partial charge in [0.2, 0.25) is 0 Å². The molecule has 4 heteroatoms. The lowest BCUT2D eigenvalue weighted by molar-refractivity contribution is 0.406. The van der Waals surface area contributed by atoms with Crippen LogP contribution in [0.25, 0.3) is 0 Å². The number of hydrogen-bond donors (Lipinski definition) is 1. The van der Waals surface area contributed by atoms with Crippen LogP contribution in [-0.4, -0.2) is 14.2 Å². The Balaban J connectivity index is 2.32. The Labute approximate surface area is 143 Å². The number of ether oxygens (including phenoxy) is 1. The molecule has 0 aliphatic rings. The van der Waals surface area contributed by atoms with E-state index in [2.05, 4.69) is 68.4 Å². The van der Waals surface area contributed by atoms with Crippen molar-refractivity contribution in [2.75, 3.05) is 14.2 Å². The predicted octanol–water partition coefficient (Wildman–Crippen LogP) is 5.03. The molecule has 2 aromatic carbocycles. The Morgan fingerprint density at radius 3 is 2.33 bits per heavy atom. The first kappa shape index (κ1) is 16.5. The fourth-order valence-corrected chi connectivity index (χ4v) is 3.78. The molecule has 2 rings (SSSR count). The third-order valence-corrected chi connectivity index (χ3v) is 4.41. The lowest BCUT2D eigenvalue weighted by Crippen LogP contribution is -2.19. The average Bonchev–Trinajstić information content (AvgIpc) is 2.43. The topological polar surface area (TPSA) is 21.3 Å². The maximum Gasteiger partial charge on any atom is 0.122 e. The molecule has 0 radical (unpaired) electrons. The standard InChI is InChI=1S/C17H19Br2NO/c1-11-4-5-17(21-3)13(6-11)9-16(20-2)12-7-14(18)10-15(19)8-12/h4-8,10,16,20H,9H2,1-3H3. The molecule has 0 amide bonds.